The number of aromatic nitrogens is 3. The summed E-state index contributed by atoms with van der Waals surface area (Å²) in [4.78, 5) is 11.5. The summed E-state index contributed by atoms with van der Waals surface area (Å²) in [6.45, 7) is 3.78. The number of hydrogen-bond donors (Lipinski definition) is 0. The molecule has 0 saturated carbocycles. The largest absolute Gasteiger partial charge is 0.381 e. The maximum Gasteiger partial charge on any atom is 0.208 e. The van der Waals surface area contributed by atoms with Gasteiger partial charge in [0, 0.05) is 26.4 Å². The van der Waals surface area contributed by atoms with E-state index in [1.165, 1.54) is 0 Å². The van der Waals surface area contributed by atoms with Crippen molar-refractivity contribution < 1.29 is 9.26 Å². The molecule has 0 N–H and O–H groups in total. The molecule has 6 nitrogen and oxygen atoms in total. The van der Waals surface area contributed by atoms with Crippen LogP contribution in [0.4, 0.5) is 5.69 Å². The van der Waals surface area contributed by atoms with Crippen molar-refractivity contribution in [2.45, 2.75) is 25.9 Å². The summed E-state index contributed by atoms with van der Waals surface area (Å²) in [6, 6.07) is 7.90. The number of methoxy groups -OCH3 is 1. The first-order valence-electron chi connectivity index (χ1n) is 8.22. The van der Waals surface area contributed by atoms with Gasteiger partial charge in [-0.25, -0.2) is 4.98 Å². The minimum Gasteiger partial charge on any atom is -0.381 e. The molecule has 1 fully saturated rings. The Hall–Kier alpha value is -2.47. The molecular weight excluding hydrogens is 304 g/mol. The highest BCUT2D eigenvalue weighted by Crippen LogP contribution is 2.33. The molecule has 4 rings (SSSR count). The molecule has 0 atom stereocenters. The van der Waals surface area contributed by atoms with Crippen LogP contribution >= 0.6 is 0 Å². The van der Waals surface area contributed by atoms with Gasteiger partial charge in [-0.15, -0.1) is 0 Å². The quantitative estimate of drug-likeness (QED) is 0.737. The molecule has 0 aromatic carbocycles. The van der Waals surface area contributed by atoms with Crippen molar-refractivity contribution in [3.05, 3.63) is 36.2 Å². The van der Waals surface area contributed by atoms with Gasteiger partial charge in [-0.3, -0.25) is 4.98 Å². The van der Waals surface area contributed by atoms with Crippen molar-refractivity contribution >= 4 is 16.8 Å². The summed E-state index contributed by atoms with van der Waals surface area (Å²) in [7, 11) is 1.78. The Balaban J connectivity index is 1.79. The minimum atomic E-state index is 0.338. The van der Waals surface area contributed by atoms with Crippen molar-refractivity contribution in [3.8, 4) is 11.4 Å². The lowest BCUT2D eigenvalue weighted by atomic mass is 10.1. The van der Waals surface area contributed by atoms with Crippen LogP contribution in [0.1, 0.15) is 18.5 Å². The summed E-state index contributed by atoms with van der Waals surface area (Å²) >= 11 is 0. The van der Waals surface area contributed by atoms with E-state index in [0.717, 1.165) is 59.8 Å². The first kappa shape index (κ1) is 15.1. The van der Waals surface area contributed by atoms with Crippen LogP contribution in [0, 0.1) is 6.92 Å². The smallest absolute Gasteiger partial charge is 0.208 e. The molecule has 3 aromatic heterocycles. The van der Waals surface area contributed by atoms with Gasteiger partial charge in [0.05, 0.1) is 23.2 Å². The van der Waals surface area contributed by atoms with Gasteiger partial charge in [-0.1, -0.05) is 11.2 Å². The lowest BCUT2D eigenvalue weighted by Gasteiger charge is -2.32. The topological polar surface area (TPSA) is 64.3 Å². The first-order chi connectivity index (χ1) is 11.8. The Bertz CT molecular complexity index is 839. The SMILES string of the molecule is COC1CCN(c2cc(-c3ccccn3)nc3c(C)noc23)CC1. The zero-order chi connectivity index (χ0) is 16.5. The van der Waals surface area contributed by atoms with Crippen LogP contribution in [0.15, 0.2) is 35.0 Å². The number of fused-ring (bicyclic) bond motifs is 1. The van der Waals surface area contributed by atoms with Gasteiger partial charge in [0.2, 0.25) is 5.58 Å². The molecule has 0 bridgehead atoms. The first-order valence-corrected chi connectivity index (χ1v) is 8.22. The molecule has 6 heteroatoms. The average Bonchev–Trinajstić information content (AvgIpc) is 3.03. The molecule has 1 aliphatic rings. The third-order valence-electron chi connectivity index (χ3n) is 4.61. The molecule has 1 aliphatic heterocycles. The third kappa shape index (κ3) is 2.63. The predicted octanol–water partition coefficient (Wildman–Crippen LogP) is 3.21. The Labute approximate surface area is 140 Å². The second kappa shape index (κ2) is 6.20. The highest BCUT2D eigenvalue weighted by atomic mass is 16.5. The fraction of sp³-hybridized carbons (Fsp3) is 0.389. The fourth-order valence-corrected chi connectivity index (χ4v) is 3.23. The van der Waals surface area contributed by atoms with Crippen LogP contribution in [-0.2, 0) is 4.74 Å². The molecule has 0 unspecified atom stereocenters. The van der Waals surface area contributed by atoms with Gasteiger partial charge >= 0.3 is 0 Å². The minimum absolute atomic E-state index is 0.338. The molecular formula is C18H20N4O2. The number of rotatable bonds is 3. The van der Waals surface area contributed by atoms with Crippen LogP contribution in [0.3, 0.4) is 0 Å². The second-order valence-corrected chi connectivity index (χ2v) is 6.11. The van der Waals surface area contributed by atoms with Crippen LogP contribution in [-0.4, -0.2) is 41.4 Å². The maximum atomic E-state index is 5.57. The van der Waals surface area contributed by atoms with Gasteiger partial charge in [-0.05, 0) is 38.0 Å². The van der Waals surface area contributed by atoms with Crippen molar-refractivity contribution in [1.82, 2.24) is 15.1 Å². The van der Waals surface area contributed by atoms with Crippen LogP contribution in [0.5, 0.6) is 0 Å². The van der Waals surface area contributed by atoms with Crippen LogP contribution < -0.4 is 4.90 Å². The van der Waals surface area contributed by atoms with E-state index in [-0.39, 0.29) is 0 Å². The van der Waals surface area contributed by atoms with E-state index in [1.54, 1.807) is 13.3 Å². The molecule has 0 aliphatic carbocycles. The molecule has 0 radical (unpaired) electrons. The summed E-state index contributed by atoms with van der Waals surface area (Å²) in [5.41, 5.74) is 5.10. The van der Waals surface area contributed by atoms with E-state index in [2.05, 4.69) is 21.1 Å². The molecule has 0 amide bonds. The van der Waals surface area contributed by atoms with Crippen molar-refractivity contribution in [2.24, 2.45) is 0 Å². The van der Waals surface area contributed by atoms with Gasteiger partial charge in [0.15, 0.2) is 0 Å². The molecule has 3 aromatic rings. The van der Waals surface area contributed by atoms with Crippen molar-refractivity contribution in [2.75, 3.05) is 25.1 Å². The van der Waals surface area contributed by atoms with Crippen LogP contribution in [0.25, 0.3) is 22.5 Å². The number of anilines is 1. The van der Waals surface area contributed by atoms with Gasteiger partial charge in [-0.2, -0.15) is 0 Å². The van der Waals surface area contributed by atoms with Crippen molar-refractivity contribution in [3.63, 3.8) is 0 Å². The van der Waals surface area contributed by atoms with Gasteiger partial charge in [0.25, 0.3) is 0 Å². The Kier molecular flexibility index (Phi) is 3.90. The summed E-state index contributed by atoms with van der Waals surface area (Å²) in [5.74, 6) is 0. The predicted molar refractivity (Wildman–Crippen MR) is 92.0 cm³/mol. The summed E-state index contributed by atoms with van der Waals surface area (Å²) < 4.78 is 11.0. The van der Waals surface area contributed by atoms with Crippen molar-refractivity contribution in [1.29, 1.82) is 0 Å². The number of piperidine rings is 1. The monoisotopic (exact) mass is 324 g/mol. The number of nitrogens with zero attached hydrogens (tertiary/aromatic N) is 4. The molecule has 1 saturated heterocycles. The second-order valence-electron chi connectivity index (χ2n) is 6.11. The molecule has 4 heterocycles. The fourth-order valence-electron chi connectivity index (χ4n) is 3.23. The zero-order valence-corrected chi connectivity index (χ0v) is 13.9. The van der Waals surface area contributed by atoms with E-state index in [0.29, 0.717) is 6.10 Å². The number of pyridine rings is 2. The van der Waals surface area contributed by atoms with Crippen LogP contribution in [0.2, 0.25) is 0 Å². The zero-order valence-electron chi connectivity index (χ0n) is 13.9. The Morgan fingerprint density at radius 3 is 2.75 bits per heavy atom. The summed E-state index contributed by atoms with van der Waals surface area (Å²) in [5, 5.41) is 4.11. The van der Waals surface area contributed by atoms with Gasteiger partial charge in [0.1, 0.15) is 11.2 Å². The molecule has 24 heavy (non-hydrogen) atoms. The standard InChI is InChI=1S/C18H20N4O2/c1-12-17-18(24-21-12)16(22-9-6-13(23-2)7-10-22)11-15(20-17)14-5-3-4-8-19-14/h3-5,8,11,13H,6-7,9-10H2,1-2H3. The summed E-state index contributed by atoms with van der Waals surface area (Å²) in [6.07, 6.45) is 4.13. The normalized spacial score (nSPS) is 16.0. The highest BCUT2D eigenvalue weighted by molar-refractivity contribution is 5.90. The molecule has 0 spiro atoms. The lowest BCUT2D eigenvalue weighted by Crippen LogP contribution is -2.36. The van der Waals surface area contributed by atoms with E-state index in [4.69, 9.17) is 14.2 Å². The number of hydrogen-bond acceptors (Lipinski definition) is 6. The third-order valence-corrected chi connectivity index (χ3v) is 4.61. The maximum absolute atomic E-state index is 5.57. The Morgan fingerprint density at radius 1 is 1.21 bits per heavy atom. The van der Waals surface area contributed by atoms with E-state index in [1.807, 2.05) is 25.1 Å². The highest BCUT2D eigenvalue weighted by Gasteiger charge is 2.24. The van der Waals surface area contributed by atoms with E-state index < -0.39 is 0 Å². The lowest BCUT2D eigenvalue weighted by molar-refractivity contribution is 0.0819. The van der Waals surface area contributed by atoms with Gasteiger partial charge < -0.3 is 14.2 Å². The number of ether oxygens (including phenoxy) is 1. The number of aryl methyl sites for hydroxylation is 1. The average molecular weight is 324 g/mol. The Morgan fingerprint density at radius 2 is 2.04 bits per heavy atom. The van der Waals surface area contributed by atoms with E-state index >= 15 is 0 Å². The molecule has 124 valence electrons. The van der Waals surface area contributed by atoms with E-state index in [9.17, 15) is 0 Å².